The summed E-state index contributed by atoms with van der Waals surface area (Å²) in [6.07, 6.45) is 7.82. The van der Waals surface area contributed by atoms with Crippen molar-refractivity contribution in [3.63, 3.8) is 0 Å². The molecule has 2 aromatic carbocycles. The second kappa shape index (κ2) is 7.55. The number of hydrogen-bond donors (Lipinski definition) is 0. The van der Waals surface area contributed by atoms with Gasteiger partial charge in [-0.1, -0.05) is 46.3 Å². The summed E-state index contributed by atoms with van der Waals surface area (Å²) in [5.74, 6) is 3.20. The minimum atomic E-state index is 0.00369. The van der Waals surface area contributed by atoms with Gasteiger partial charge in [-0.25, -0.2) is 0 Å². The average molecular weight is 455 g/mol. The van der Waals surface area contributed by atoms with Crippen molar-refractivity contribution in [2.45, 2.75) is 43.9 Å². The summed E-state index contributed by atoms with van der Waals surface area (Å²) in [7, 11) is 1.63. The molecule has 2 aromatic rings. The number of carbonyl (C=O) groups is 1. The fraction of sp³-hybridized carbons (Fsp3) is 0.480. The van der Waals surface area contributed by atoms with Crippen molar-refractivity contribution in [1.82, 2.24) is 0 Å². The molecule has 0 unspecified atom stereocenters. The van der Waals surface area contributed by atoms with Crippen LogP contribution in [0.1, 0.15) is 60.0 Å². The maximum Gasteiger partial charge on any atom is 0.196 e. The molecule has 0 atom stereocenters. The lowest BCUT2D eigenvalue weighted by atomic mass is 9.48. The van der Waals surface area contributed by atoms with Gasteiger partial charge in [0.2, 0.25) is 0 Å². The van der Waals surface area contributed by atoms with Crippen LogP contribution in [0.3, 0.4) is 0 Å². The van der Waals surface area contributed by atoms with Gasteiger partial charge >= 0.3 is 0 Å². The van der Waals surface area contributed by atoms with E-state index in [2.05, 4.69) is 22.0 Å². The van der Waals surface area contributed by atoms with Gasteiger partial charge in [-0.05, 0) is 73.8 Å². The van der Waals surface area contributed by atoms with E-state index in [-0.39, 0.29) is 18.0 Å². The molecule has 0 N–H and O–H groups in total. The van der Waals surface area contributed by atoms with Gasteiger partial charge in [-0.2, -0.15) is 0 Å². The summed E-state index contributed by atoms with van der Waals surface area (Å²) < 4.78 is 12.3. The number of ether oxygens (including phenoxy) is 2. The molecule has 0 aromatic heterocycles. The molecular formula is C25H27BrO3. The van der Waals surface area contributed by atoms with E-state index in [9.17, 15) is 4.79 Å². The van der Waals surface area contributed by atoms with Crippen molar-refractivity contribution in [3.05, 3.63) is 63.6 Å². The number of rotatable bonds is 6. The Labute approximate surface area is 180 Å². The van der Waals surface area contributed by atoms with E-state index >= 15 is 0 Å². The number of methoxy groups -OCH3 is 1. The molecule has 4 fully saturated rings. The highest BCUT2D eigenvalue weighted by Crippen LogP contribution is 2.62. The van der Waals surface area contributed by atoms with Gasteiger partial charge in [0.1, 0.15) is 5.75 Å². The Morgan fingerprint density at radius 3 is 2.24 bits per heavy atom. The SMILES string of the molecule is COCOc1c(C(=O)c2ccccc2)cc(Br)cc1C12CC3CC(CC(C3)C1)C2. The number of halogens is 1. The molecule has 4 aliphatic rings. The highest BCUT2D eigenvalue weighted by atomic mass is 79.9. The van der Waals surface area contributed by atoms with Crippen LogP contribution in [-0.4, -0.2) is 19.7 Å². The average Bonchev–Trinajstić information content (AvgIpc) is 2.71. The number of ketones is 1. The van der Waals surface area contributed by atoms with E-state index in [1.807, 2.05) is 36.4 Å². The largest absolute Gasteiger partial charge is 0.466 e. The molecule has 3 nitrogen and oxygen atoms in total. The molecule has 29 heavy (non-hydrogen) atoms. The zero-order valence-corrected chi connectivity index (χ0v) is 18.4. The predicted molar refractivity (Wildman–Crippen MR) is 116 cm³/mol. The lowest BCUT2D eigenvalue weighted by Crippen LogP contribution is -2.48. The highest BCUT2D eigenvalue weighted by Gasteiger charge is 2.53. The van der Waals surface area contributed by atoms with Crippen molar-refractivity contribution in [2.24, 2.45) is 17.8 Å². The Bertz CT molecular complexity index is 886. The first-order chi connectivity index (χ1) is 14.1. The molecule has 152 valence electrons. The van der Waals surface area contributed by atoms with Crippen molar-refractivity contribution in [2.75, 3.05) is 13.9 Å². The van der Waals surface area contributed by atoms with Crippen LogP contribution in [-0.2, 0) is 10.2 Å². The summed E-state index contributed by atoms with van der Waals surface area (Å²) in [5, 5.41) is 0. The molecule has 4 heteroatoms. The van der Waals surface area contributed by atoms with Crippen LogP contribution in [0.2, 0.25) is 0 Å². The molecule has 4 saturated carbocycles. The predicted octanol–water partition coefficient (Wildman–Crippen LogP) is 6.13. The van der Waals surface area contributed by atoms with Crippen LogP contribution in [0, 0.1) is 17.8 Å². The molecule has 0 heterocycles. The van der Waals surface area contributed by atoms with E-state index in [0.717, 1.165) is 28.0 Å². The maximum atomic E-state index is 13.4. The number of benzene rings is 2. The molecule has 0 spiro atoms. The summed E-state index contributed by atoms with van der Waals surface area (Å²) in [5.41, 5.74) is 2.66. The molecule has 4 bridgehead atoms. The van der Waals surface area contributed by atoms with Crippen LogP contribution in [0.4, 0.5) is 0 Å². The van der Waals surface area contributed by atoms with E-state index < -0.39 is 0 Å². The summed E-state index contributed by atoms with van der Waals surface area (Å²) in [6, 6.07) is 13.6. The molecule has 4 aliphatic carbocycles. The Kier molecular flexibility index (Phi) is 5.03. The number of carbonyl (C=O) groups excluding carboxylic acids is 1. The van der Waals surface area contributed by atoms with Gasteiger partial charge in [0.15, 0.2) is 12.6 Å². The fourth-order valence-electron chi connectivity index (χ4n) is 6.62. The zero-order valence-electron chi connectivity index (χ0n) is 16.8. The summed E-state index contributed by atoms with van der Waals surface area (Å²) in [4.78, 5) is 13.4. The first-order valence-electron chi connectivity index (χ1n) is 10.6. The summed E-state index contributed by atoms with van der Waals surface area (Å²) >= 11 is 3.70. The van der Waals surface area contributed by atoms with Gasteiger partial charge in [0.25, 0.3) is 0 Å². The third-order valence-electron chi connectivity index (χ3n) is 7.27. The van der Waals surface area contributed by atoms with Crippen molar-refractivity contribution >= 4 is 21.7 Å². The van der Waals surface area contributed by atoms with Crippen molar-refractivity contribution in [1.29, 1.82) is 0 Å². The van der Waals surface area contributed by atoms with E-state index in [1.165, 1.54) is 44.1 Å². The van der Waals surface area contributed by atoms with Gasteiger partial charge < -0.3 is 9.47 Å². The highest BCUT2D eigenvalue weighted by molar-refractivity contribution is 9.10. The Morgan fingerprint density at radius 1 is 1.03 bits per heavy atom. The third-order valence-corrected chi connectivity index (χ3v) is 7.72. The third kappa shape index (κ3) is 3.44. The lowest BCUT2D eigenvalue weighted by molar-refractivity contribution is -0.00893. The topological polar surface area (TPSA) is 35.5 Å². The molecule has 0 amide bonds. The van der Waals surface area contributed by atoms with Gasteiger partial charge in [-0.3, -0.25) is 4.79 Å². The molecule has 6 rings (SSSR count). The fourth-order valence-corrected chi connectivity index (χ4v) is 7.07. The van der Waals surface area contributed by atoms with Gasteiger partial charge in [0.05, 0.1) is 5.56 Å². The van der Waals surface area contributed by atoms with Crippen molar-refractivity contribution < 1.29 is 14.3 Å². The molecule has 0 saturated heterocycles. The van der Waals surface area contributed by atoms with Crippen LogP contribution in [0.25, 0.3) is 0 Å². The molecule has 0 radical (unpaired) electrons. The minimum Gasteiger partial charge on any atom is -0.466 e. The molecular weight excluding hydrogens is 428 g/mol. The van der Waals surface area contributed by atoms with Crippen LogP contribution < -0.4 is 4.74 Å². The van der Waals surface area contributed by atoms with Gasteiger partial charge in [-0.15, -0.1) is 0 Å². The van der Waals surface area contributed by atoms with Crippen LogP contribution >= 0.6 is 15.9 Å². The Hall–Kier alpha value is -1.65. The Morgan fingerprint density at radius 2 is 1.66 bits per heavy atom. The Balaban J connectivity index is 1.64. The molecule has 0 aliphatic heterocycles. The standard InChI is InChI=1S/C25H27BrO3/c1-28-15-29-24-21(23(27)19-5-3-2-4-6-19)10-20(26)11-22(24)25-12-16-7-17(13-25)9-18(8-16)14-25/h2-6,10-11,16-18H,7-9,12-15H2,1H3. The monoisotopic (exact) mass is 454 g/mol. The van der Waals surface area contributed by atoms with E-state index in [0.29, 0.717) is 11.1 Å². The smallest absolute Gasteiger partial charge is 0.196 e. The second-order valence-corrected chi connectivity index (χ2v) is 10.2. The zero-order chi connectivity index (χ0) is 20.0. The normalized spacial score (nSPS) is 29.8. The minimum absolute atomic E-state index is 0.00369. The quantitative estimate of drug-likeness (QED) is 0.388. The lowest BCUT2D eigenvalue weighted by Gasteiger charge is -2.57. The van der Waals surface area contributed by atoms with E-state index in [4.69, 9.17) is 9.47 Å². The maximum absolute atomic E-state index is 13.4. The second-order valence-electron chi connectivity index (χ2n) is 9.27. The first-order valence-corrected chi connectivity index (χ1v) is 11.4. The van der Waals surface area contributed by atoms with Crippen LogP contribution in [0.15, 0.2) is 46.9 Å². The van der Waals surface area contributed by atoms with Gasteiger partial charge in [0, 0.05) is 22.7 Å². The van der Waals surface area contributed by atoms with E-state index in [1.54, 1.807) is 7.11 Å². The van der Waals surface area contributed by atoms with Crippen LogP contribution in [0.5, 0.6) is 5.75 Å². The summed E-state index contributed by atoms with van der Waals surface area (Å²) in [6.45, 7) is 0.149. The van der Waals surface area contributed by atoms with Crippen molar-refractivity contribution in [3.8, 4) is 5.75 Å². The first kappa shape index (κ1) is 19.3. The number of hydrogen-bond acceptors (Lipinski definition) is 3.